The van der Waals surface area contributed by atoms with E-state index in [4.69, 9.17) is 4.98 Å². The van der Waals surface area contributed by atoms with Gasteiger partial charge in [-0.15, -0.1) is 0 Å². The Balaban J connectivity index is 2.04. The van der Waals surface area contributed by atoms with Crippen molar-refractivity contribution in [1.82, 2.24) is 9.55 Å². The maximum Gasteiger partial charge on any atom is 0.112 e. The topological polar surface area (TPSA) is 17.8 Å². The van der Waals surface area contributed by atoms with E-state index in [0.717, 1.165) is 11.3 Å². The fraction of sp³-hybridized carbons (Fsp3) is 0.533. The number of aryl methyl sites for hydroxylation is 1. The molecular formula is C15H20N2S. The third kappa shape index (κ3) is 2.05. The molecule has 1 aromatic carbocycles. The van der Waals surface area contributed by atoms with Gasteiger partial charge >= 0.3 is 0 Å². The van der Waals surface area contributed by atoms with Gasteiger partial charge < -0.3 is 4.57 Å². The molecule has 0 aliphatic heterocycles. The molecule has 0 spiro atoms. The molecule has 3 rings (SSSR count). The molecule has 0 N–H and O–H groups in total. The first-order chi connectivity index (χ1) is 8.79. The zero-order chi connectivity index (χ0) is 12.5. The third-order valence-electron chi connectivity index (χ3n) is 4.13. The summed E-state index contributed by atoms with van der Waals surface area (Å²) in [7, 11) is 2.15. The maximum absolute atomic E-state index is 4.85. The van der Waals surface area contributed by atoms with E-state index in [0.29, 0.717) is 5.92 Å². The van der Waals surface area contributed by atoms with E-state index >= 15 is 0 Å². The summed E-state index contributed by atoms with van der Waals surface area (Å²) < 4.78 is 2.29. The minimum atomic E-state index is 0.663. The highest BCUT2D eigenvalue weighted by Crippen LogP contribution is 2.33. The van der Waals surface area contributed by atoms with Crippen molar-refractivity contribution in [3.8, 4) is 0 Å². The van der Waals surface area contributed by atoms with Crippen LogP contribution in [-0.2, 0) is 12.8 Å². The fourth-order valence-corrected chi connectivity index (χ4v) is 3.28. The Morgan fingerprint density at radius 3 is 2.78 bits per heavy atom. The zero-order valence-electron chi connectivity index (χ0n) is 10.9. The van der Waals surface area contributed by atoms with Gasteiger partial charge in [-0.3, -0.25) is 0 Å². The van der Waals surface area contributed by atoms with Crippen LogP contribution < -0.4 is 0 Å². The van der Waals surface area contributed by atoms with Gasteiger partial charge in [-0.2, -0.15) is 12.6 Å². The highest BCUT2D eigenvalue weighted by Gasteiger charge is 2.20. The van der Waals surface area contributed by atoms with Crippen molar-refractivity contribution in [3.05, 3.63) is 29.6 Å². The van der Waals surface area contributed by atoms with Gasteiger partial charge in [0.2, 0.25) is 0 Å². The van der Waals surface area contributed by atoms with Crippen molar-refractivity contribution >= 4 is 23.7 Å². The number of fused-ring (bicyclic) bond motifs is 1. The predicted octanol–water partition coefficient (Wildman–Crippen LogP) is 4.05. The Bertz CT molecular complexity index is 553. The van der Waals surface area contributed by atoms with E-state index in [9.17, 15) is 0 Å². The monoisotopic (exact) mass is 260 g/mol. The molecule has 3 heteroatoms. The average Bonchev–Trinajstić information content (AvgIpc) is 2.77. The van der Waals surface area contributed by atoms with Crippen LogP contribution in [0.5, 0.6) is 0 Å². The van der Waals surface area contributed by atoms with Crippen molar-refractivity contribution in [2.75, 3.05) is 0 Å². The lowest BCUT2D eigenvalue weighted by Gasteiger charge is -2.21. The second-order valence-electron chi connectivity index (χ2n) is 5.35. The molecule has 1 fully saturated rings. The van der Waals surface area contributed by atoms with Gasteiger partial charge in [0.25, 0.3) is 0 Å². The van der Waals surface area contributed by atoms with Crippen molar-refractivity contribution in [3.63, 3.8) is 0 Å². The zero-order valence-corrected chi connectivity index (χ0v) is 11.8. The molecule has 0 atom stereocenters. The second kappa shape index (κ2) is 4.96. The van der Waals surface area contributed by atoms with Crippen molar-refractivity contribution in [2.24, 2.45) is 7.05 Å². The molecule has 1 saturated carbocycles. The summed E-state index contributed by atoms with van der Waals surface area (Å²) in [4.78, 5) is 4.85. The SMILES string of the molecule is Cn1c(C2CCCCC2)nc2ccc(CS)cc21. The summed E-state index contributed by atoms with van der Waals surface area (Å²) in [5.74, 6) is 2.73. The molecule has 2 aromatic rings. The third-order valence-corrected chi connectivity index (χ3v) is 4.50. The first-order valence-electron chi connectivity index (χ1n) is 6.85. The summed E-state index contributed by atoms with van der Waals surface area (Å²) >= 11 is 4.35. The molecule has 1 aromatic heterocycles. The largest absolute Gasteiger partial charge is 0.331 e. The summed E-state index contributed by atoms with van der Waals surface area (Å²) in [6, 6.07) is 6.49. The molecule has 1 aliphatic rings. The minimum absolute atomic E-state index is 0.663. The Morgan fingerprint density at radius 1 is 1.28 bits per heavy atom. The average molecular weight is 260 g/mol. The smallest absolute Gasteiger partial charge is 0.112 e. The van der Waals surface area contributed by atoms with Crippen molar-refractivity contribution < 1.29 is 0 Å². The first-order valence-corrected chi connectivity index (χ1v) is 7.49. The number of hydrogen-bond donors (Lipinski definition) is 1. The minimum Gasteiger partial charge on any atom is -0.331 e. The number of rotatable bonds is 2. The van der Waals surface area contributed by atoms with E-state index in [2.05, 4.69) is 42.4 Å². The number of benzene rings is 1. The van der Waals surface area contributed by atoms with Crippen LogP contribution in [0.4, 0.5) is 0 Å². The van der Waals surface area contributed by atoms with E-state index in [-0.39, 0.29) is 0 Å². The number of aromatic nitrogens is 2. The molecule has 1 heterocycles. The lowest BCUT2D eigenvalue weighted by Crippen LogP contribution is -2.10. The van der Waals surface area contributed by atoms with Gasteiger partial charge in [0.05, 0.1) is 11.0 Å². The van der Waals surface area contributed by atoms with Crippen LogP contribution in [0.25, 0.3) is 11.0 Å². The van der Waals surface area contributed by atoms with Gasteiger partial charge in [0.1, 0.15) is 5.82 Å². The molecular weight excluding hydrogens is 240 g/mol. The lowest BCUT2D eigenvalue weighted by molar-refractivity contribution is 0.423. The van der Waals surface area contributed by atoms with Gasteiger partial charge in [-0.1, -0.05) is 25.3 Å². The number of nitrogens with zero attached hydrogens (tertiary/aromatic N) is 2. The predicted molar refractivity (Wildman–Crippen MR) is 79.2 cm³/mol. The van der Waals surface area contributed by atoms with Crippen LogP contribution >= 0.6 is 12.6 Å². The standard InChI is InChI=1S/C15H20N2S/c1-17-14-9-11(10-18)7-8-13(14)16-15(17)12-5-3-2-4-6-12/h7-9,12,18H,2-6,10H2,1H3. The summed E-state index contributed by atoms with van der Waals surface area (Å²) in [5.41, 5.74) is 3.65. The molecule has 0 saturated heterocycles. The normalized spacial score (nSPS) is 17.4. The van der Waals surface area contributed by atoms with Gasteiger partial charge in [-0.25, -0.2) is 4.98 Å². The highest BCUT2D eigenvalue weighted by atomic mass is 32.1. The van der Waals surface area contributed by atoms with Crippen LogP contribution in [0.15, 0.2) is 18.2 Å². The Hall–Kier alpha value is -0.960. The maximum atomic E-state index is 4.85. The number of hydrogen-bond acceptors (Lipinski definition) is 2. The lowest BCUT2D eigenvalue weighted by atomic mass is 9.89. The second-order valence-corrected chi connectivity index (χ2v) is 5.66. The highest BCUT2D eigenvalue weighted by molar-refractivity contribution is 7.79. The Labute approximate surface area is 114 Å². The van der Waals surface area contributed by atoms with Gasteiger partial charge in [0, 0.05) is 18.7 Å². The number of thiol groups is 1. The Kier molecular flexibility index (Phi) is 3.33. The van der Waals surface area contributed by atoms with E-state index in [1.165, 1.54) is 49.0 Å². The van der Waals surface area contributed by atoms with Crippen LogP contribution in [-0.4, -0.2) is 9.55 Å². The van der Waals surface area contributed by atoms with E-state index < -0.39 is 0 Å². The van der Waals surface area contributed by atoms with Gasteiger partial charge in [0.15, 0.2) is 0 Å². The molecule has 0 amide bonds. The summed E-state index contributed by atoms with van der Waals surface area (Å²) in [5, 5.41) is 0. The van der Waals surface area contributed by atoms with Crippen molar-refractivity contribution in [1.29, 1.82) is 0 Å². The van der Waals surface area contributed by atoms with Crippen LogP contribution in [0.2, 0.25) is 0 Å². The molecule has 2 nitrogen and oxygen atoms in total. The summed E-state index contributed by atoms with van der Waals surface area (Å²) in [6.45, 7) is 0. The molecule has 0 radical (unpaired) electrons. The quantitative estimate of drug-likeness (QED) is 0.806. The van der Waals surface area contributed by atoms with Gasteiger partial charge in [-0.05, 0) is 30.5 Å². The molecule has 1 aliphatic carbocycles. The van der Waals surface area contributed by atoms with Crippen LogP contribution in [0.3, 0.4) is 0 Å². The number of imidazole rings is 1. The van der Waals surface area contributed by atoms with Crippen LogP contribution in [0.1, 0.15) is 49.4 Å². The molecule has 0 bridgehead atoms. The summed E-state index contributed by atoms with van der Waals surface area (Å²) in [6.07, 6.45) is 6.71. The molecule has 18 heavy (non-hydrogen) atoms. The van der Waals surface area contributed by atoms with E-state index in [1.54, 1.807) is 0 Å². The molecule has 96 valence electrons. The first kappa shape index (κ1) is 12.1. The van der Waals surface area contributed by atoms with Crippen molar-refractivity contribution in [2.45, 2.75) is 43.8 Å². The van der Waals surface area contributed by atoms with Crippen LogP contribution in [0, 0.1) is 0 Å². The van der Waals surface area contributed by atoms with E-state index in [1.807, 2.05) is 0 Å². The Morgan fingerprint density at radius 2 is 2.06 bits per heavy atom. The fourth-order valence-electron chi connectivity index (χ4n) is 3.08. The molecule has 0 unspecified atom stereocenters.